The minimum Gasteiger partial charge on any atom is -0.408 e. The molecule has 0 bridgehead atoms. The van der Waals surface area contributed by atoms with Gasteiger partial charge in [-0.15, -0.1) is 22.7 Å². The summed E-state index contributed by atoms with van der Waals surface area (Å²) in [6.45, 7) is 0.301. The van der Waals surface area contributed by atoms with E-state index >= 15 is 0 Å². The van der Waals surface area contributed by atoms with Crippen molar-refractivity contribution in [3.63, 3.8) is 0 Å². The molecule has 0 fully saturated rings. The molecule has 1 N–H and O–H groups in total. The molecule has 3 heterocycles. The lowest BCUT2D eigenvalue weighted by atomic mass is 10.3. The van der Waals surface area contributed by atoms with Gasteiger partial charge in [0.2, 0.25) is 10.0 Å². The van der Waals surface area contributed by atoms with Gasteiger partial charge in [0.05, 0.1) is 10.4 Å². The van der Waals surface area contributed by atoms with Gasteiger partial charge < -0.3 is 4.42 Å². The van der Waals surface area contributed by atoms with Crippen molar-refractivity contribution in [2.24, 2.45) is 7.05 Å². The molecule has 140 valence electrons. The lowest BCUT2D eigenvalue weighted by Gasteiger charge is -2.06. The van der Waals surface area contributed by atoms with Gasteiger partial charge in [-0.1, -0.05) is 6.07 Å². The van der Waals surface area contributed by atoms with Crippen LogP contribution in [-0.2, 0) is 23.5 Å². The summed E-state index contributed by atoms with van der Waals surface area (Å²) >= 11 is 3.35. The maximum atomic E-state index is 12.6. The quantitative estimate of drug-likeness (QED) is 0.518. The minimum atomic E-state index is -3.67. The Kier molecular flexibility index (Phi) is 4.77. The molecule has 0 saturated carbocycles. The highest BCUT2D eigenvalue weighted by Gasteiger charge is 2.16. The van der Waals surface area contributed by atoms with Crippen molar-refractivity contribution < 1.29 is 12.8 Å². The smallest absolute Gasteiger partial charge is 0.408 e. The monoisotopic (exact) mass is 420 g/mol. The predicted octanol–water partition coefficient (Wildman–Crippen LogP) is 3.44. The lowest BCUT2D eigenvalue weighted by molar-refractivity contribution is 0.528. The summed E-state index contributed by atoms with van der Waals surface area (Å²) in [6.07, 6.45) is 0.613. The largest absolute Gasteiger partial charge is 0.419 e. The van der Waals surface area contributed by atoms with Gasteiger partial charge in [0.15, 0.2) is 5.58 Å². The van der Waals surface area contributed by atoms with E-state index in [1.54, 1.807) is 29.7 Å². The number of nitrogens with zero attached hydrogens (tertiary/aromatic N) is 1. The van der Waals surface area contributed by atoms with E-state index < -0.39 is 15.8 Å². The molecule has 3 aromatic heterocycles. The third-order valence-corrected chi connectivity index (χ3v) is 7.83. The van der Waals surface area contributed by atoms with Crippen LogP contribution in [0.5, 0.6) is 0 Å². The van der Waals surface area contributed by atoms with E-state index in [4.69, 9.17) is 4.42 Å². The Hall–Kier alpha value is -2.20. The van der Waals surface area contributed by atoms with Crippen molar-refractivity contribution in [1.82, 2.24) is 9.29 Å². The van der Waals surface area contributed by atoms with Gasteiger partial charge in [-0.05, 0) is 48.2 Å². The molecule has 6 nitrogen and oxygen atoms in total. The van der Waals surface area contributed by atoms with Gasteiger partial charge >= 0.3 is 5.76 Å². The molecule has 27 heavy (non-hydrogen) atoms. The molecular formula is C18H16N2O4S3. The predicted molar refractivity (Wildman–Crippen MR) is 108 cm³/mol. The minimum absolute atomic E-state index is 0.108. The van der Waals surface area contributed by atoms with E-state index in [1.807, 2.05) is 17.5 Å². The summed E-state index contributed by atoms with van der Waals surface area (Å²) in [4.78, 5) is 15.2. The Balaban J connectivity index is 1.46. The van der Waals surface area contributed by atoms with Crippen LogP contribution in [0.1, 0.15) is 4.88 Å². The second kappa shape index (κ2) is 7.08. The van der Waals surface area contributed by atoms with Crippen molar-refractivity contribution in [1.29, 1.82) is 0 Å². The zero-order valence-corrected chi connectivity index (χ0v) is 16.8. The van der Waals surface area contributed by atoms with Gasteiger partial charge in [0, 0.05) is 28.2 Å². The highest BCUT2D eigenvalue weighted by molar-refractivity contribution is 7.89. The van der Waals surface area contributed by atoms with Crippen molar-refractivity contribution in [3.05, 3.63) is 63.3 Å². The number of benzene rings is 1. The van der Waals surface area contributed by atoms with Crippen LogP contribution in [0.25, 0.3) is 20.9 Å². The molecule has 0 unspecified atom stereocenters. The van der Waals surface area contributed by atoms with E-state index in [-0.39, 0.29) is 4.90 Å². The molecule has 0 amide bonds. The summed E-state index contributed by atoms with van der Waals surface area (Å²) in [5.74, 6) is -0.522. The zero-order valence-electron chi connectivity index (χ0n) is 14.3. The van der Waals surface area contributed by atoms with E-state index in [1.165, 1.54) is 32.5 Å². The molecule has 4 rings (SSSR count). The number of aryl methyl sites for hydroxylation is 1. The van der Waals surface area contributed by atoms with Crippen LogP contribution in [0.3, 0.4) is 0 Å². The first-order valence-corrected chi connectivity index (χ1v) is 11.3. The first-order valence-electron chi connectivity index (χ1n) is 8.16. The maximum absolute atomic E-state index is 12.6. The first-order chi connectivity index (χ1) is 12.9. The van der Waals surface area contributed by atoms with Crippen molar-refractivity contribution in [2.45, 2.75) is 11.3 Å². The van der Waals surface area contributed by atoms with Crippen LogP contribution in [0.4, 0.5) is 0 Å². The van der Waals surface area contributed by atoms with Crippen molar-refractivity contribution in [3.8, 4) is 9.75 Å². The fraction of sp³-hybridized carbons (Fsp3) is 0.167. The average molecular weight is 421 g/mol. The molecule has 4 aromatic rings. The third-order valence-electron chi connectivity index (χ3n) is 4.16. The molecule has 0 aliphatic carbocycles. The Labute approximate surface area is 163 Å². The summed E-state index contributed by atoms with van der Waals surface area (Å²) < 4.78 is 34.0. The Bertz CT molecular complexity index is 1250. The summed E-state index contributed by atoms with van der Waals surface area (Å²) in [5, 5.41) is 2.04. The third kappa shape index (κ3) is 3.63. The van der Waals surface area contributed by atoms with E-state index in [0.717, 1.165) is 4.88 Å². The number of nitrogens with one attached hydrogen (secondary N) is 1. The second-order valence-corrected chi connectivity index (χ2v) is 9.83. The summed E-state index contributed by atoms with van der Waals surface area (Å²) in [6, 6.07) is 12.6. The topological polar surface area (TPSA) is 81.3 Å². The SMILES string of the molecule is Cn1c(=O)oc2ccc(S(=O)(=O)NCCc3ccc(-c4cccs4)s3)cc21. The number of rotatable bonds is 6. The van der Waals surface area contributed by atoms with Crippen LogP contribution < -0.4 is 10.5 Å². The number of sulfonamides is 1. The molecule has 1 aromatic carbocycles. The Morgan fingerprint density at radius 1 is 1.15 bits per heavy atom. The molecule has 0 atom stereocenters. The summed E-state index contributed by atoms with van der Waals surface area (Å²) in [5.41, 5.74) is 0.808. The van der Waals surface area contributed by atoms with Crippen LogP contribution in [0.15, 0.2) is 62.0 Å². The second-order valence-electron chi connectivity index (χ2n) is 5.95. The fourth-order valence-electron chi connectivity index (χ4n) is 2.73. The Morgan fingerprint density at radius 3 is 2.78 bits per heavy atom. The number of oxazole rings is 1. The van der Waals surface area contributed by atoms with Crippen LogP contribution >= 0.6 is 22.7 Å². The van der Waals surface area contributed by atoms with Crippen molar-refractivity contribution in [2.75, 3.05) is 6.54 Å². The van der Waals surface area contributed by atoms with Gasteiger partial charge in [-0.3, -0.25) is 4.57 Å². The van der Waals surface area contributed by atoms with Crippen molar-refractivity contribution >= 4 is 43.8 Å². The molecular weight excluding hydrogens is 404 g/mol. The van der Waals surface area contributed by atoms with E-state index in [0.29, 0.717) is 24.1 Å². The zero-order chi connectivity index (χ0) is 19.0. The fourth-order valence-corrected chi connectivity index (χ4v) is 5.62. The maximum Gasteiger partial charge on any atom is 0.419 e. The highest BCUT2D eigenvalue weighted by atomic mass is 32.2. The number of hydrogen-bond donors (Lipinski definition) is 1. The van der Waals surface area contributed by atoms with Crippen LogP contribution in [0, 0.1) is 0 Å². The van der Waals surface area contributed by atoms with Crippen LogP contribution in [-0.4, -0.2) is 19.5 Å². The van der Waals surface area contributed by atoms with E-state index in [9.17, 15) is 13.2 Å². The standard InChI is InChI=1S/C18H16N2O4S3/c1-20-14-11-13(5-6-15(14)24-18(20)21)27(22,23)19-9-8-12-4-7-17(26-12)16-3-2-10-25-16/h2-7,10-11,19H,8-9H2,1H3. The molecule has 0 radical (unpaired) electrons. The Morgan fingerprint density at radius 2 is 2.00 bits per heavy atom. The normalized spacial score (nSPS) is 12.0. The molecule has 0 spiro atoms. The molecule has 9 heteroatoms. The van der Waals surface area contributed by atoms with Gasteiger partial charge in [-0.2, -0.15) is 0 Å². The summed E-state index contributed by atoms with van der Waals surface area (Å²) in [7, 11) is -2.12. The lowest BCUT2D eigenvalue weighted by Crippen LogP contribution is -2.25. The number of hydrogen-bond acceptors (Lipinski definition) is 6. The van der Waals surface area contributed by atoms with Gasteiger partial charge in [0.25, 0.3) is 0 Å². The van der Waals surface area contributed by atoms with E-state index in [2.05, 4.69) is 16.9 Å². The van der Waals surface area contributed by atoms with Gasteiger partial charge in [-0.25, -0.2) is 17.9 Å². The molecule has 0 aliphatic heterocycles. The van der Waals surface area contributed by atoms with Gasteiger partial charge in [0.1, 0.15) is 0 Å². The van der Waals surface area contributed by atoms with Crippen LogP contribution in [0.2, 0.25) is 0 Å². The number of thiophene rings is 2. The molecule has 0 aliphatic rings. The number of fused-ring (bicyclic) bond motifs is 1. The number of aromatic nitrogens is 1. The first kappa shape index (κ1) is 18.2. The highest BCUT2D eigenvalue weighted by Crippen LogP contribution is 2.31. The average Bonchev–Trinajstić information content (AvgIpc) is 3.36. The molecule has 0 saturated heterocycles.